The van der Waals surface area contributed by atoms with Gasteiger partial charge in [0.05, 0.1) is 18.8 Å². The minimum absolute atomic E-state index is 0.138. The number of nitrogens with zero attached hydrogens (tertiary/aromatic N) is 2. The van der Waals surface area contributed by atoms with Crippen LogP contribution < -0.4 is 4.90 Å². The van der Waals surface area contributed by atoms with E-state index in [2.05, 4.69) is 6.58 Å². The molecule has 0 aliphatic carbocycles. The van der Waals surface area contributed by atoms with Crippen molar-refractivity contribution in [2.45, 2.75) is 13.5 Å². The molecule has 5 nitrogen and oxygen atoms in total. The van der Waals surface area contributed by atoms with Gasteiger partial charge in [0, 0.05) is 19.2 Å². The molecule has 1 heterocycles. The molecule has 0 atom stereocenters. The van der Waals surface area contributed by atoms with Gasteiger partial charge in [-0.25, -0.2) is 9.59 Å². The highest BCUT2D eigenvalue weighted by molar-refractivity contribution is 5.98. The average Bonchev–Trinajstić information content (AvgIpc) is 2.43. The minimum atomic E-state index is -0.467. The van der Waals surface area contributed by atoms with Gasteiger partial charge in [-0.15, -0.1) is 0 Å². The van der Waals surface area contributed by atoms with E-state index in [0.717, 1.165) is 11.3 Å². The molecule has 1 aliphatic rings. The zero-order chi connectivity index (χ0) is 14.7. The fourth-order valence-corrected chi connectivity index (χ4v) is 2.18. The molecule has 0 saturated heterocycles. The van der Waals surface area contributed by atoms with E-state index in [1.165, 1.54) is 0 Å². The van der Waals surface area contributed by atoms with E-state index in [9.17, 15) is 9.59 Å². The maximum absolute atomic E-state index is 12.3. The van der Waals surface area contributed by atoms with Crippen molar-refractivity contribution in [3.63, 3.8) is 0 Å². The molecule has 106 valence electrons. The molecule has 0 fully saturated rings. The van der Waals surface area contributed by atoms with Crippen LogP contribution in [0.3, 0.4) is 0 Å². The standard InChI is InChI=1S/C15H18N2O3/c1-4-20-14(18)11(2)9-17-13-8-6-5-7-12(13)10-16(3)15(17)19/h5-8H,2,4,9-10H2,1,3H3. The van der Waals surface area contributed by atoms with Gasteiger partial charge in [0.15, 0.2) is 0 Å². The van der Waals surface area contributed by atoms with Crippen molar-refractivity contribution in [3.05, 3.63) is 42.0 Å². The summed E-state index contributed by atoms with van der Waals surface area (Å²) in [5.41, 5.74) is 2.14. The molecule has 5 heteroatoms. The van der Waals surface area contributed by atoms with E-state index in [4.69, 9.17) is 4.74 Å². The molecule has 0 N–H and O–H groups in total. The number of hydrogen-bond donors (Lipinski definition) is 0. The zero-order valence-electron chi connectivity index (χ0n) is 11.8. The summed E-state index contributed by atoms with van der Waals surface area (Å²) >= 11 is 0. The second-order valence-electron chi connectivity index (χ2n) is 4.68. The Bertz CT molecular complexity index is 554. The maximum atomic E-state index is 12.3. The number of hydrogen-bond acceptors (Lipinski definition) is 3. The molecule has 2 rings (SSSR count). The predicted molar refractivity (Wildman–Crippen MR) is 76.4 cm³/mol. The summed E-state index contributed by atoms with van der Waals surface area (Å²) in [5.74, 6) is -0.467. The van der Waals surface area contributed by atoms with Gasteiger partial charge >= 0.3 is 12.0 Å². The Balaban J connectivity index is 2.24. The number of rotatable bonds is 4. The number of carbonyl (C=O) groups is 2. The number of urea groups is 1. The second kappa shape index (κ2) is 5.77. The third-order valence-corrected chi connectivity index (χ3v) is 3.16. The van der Waals surface area contributed by atoms with Gasteiger partial charge in [-0.1, -0.05) is 24.8 Å². The van der Waals surface area contributed by atoms with Crippen LogP contribution in [0.2, 0.25) is 0 Å². The first-order chi connectivity index (χ1) is 9.54. The highest BCUT2D eigenvalue weighted by atomic mass is 16.5. The number of amides is 2. The summed E-state index contributed by atoms with van der Waals surface area (Å²) in [6.07, 6.45) is 0. The first-order valence-corrected chi connectivity index (χ1v) is 6.50. The monoisotopic (exact) mass is 274 g/mol. The molecule has 1 aromatic carbocycles. The smallest absolute Gasteiger partial charge is 0.335 e. The summed E-state index contributed by atoms with van der Waals surface area (Å²) in [4.78, 5) is 27.1. The normalized spacial score (nSPS) is 14.0. The molecule has 0 saturated carbocycles. The quantitative estimate of drug-likeness (QED) is 0.624. The Morgan fingerprint density at radius 3 is 2.80 bits per heavy atom. The first kappa shape index (κ1) is 14.1. The Hall–Kier alpha value is -2.30. The molecule has 1 aromatic rings. The van der Waals surface area contributed by atoms with E-state index in [-0.39, 0.29) is 18.1 Å². The van der Waals surface area contributed by atoms with Crippen molar-refractivity contribution >= 4 is 17.7 Å². The van der Waals surface area contributed by atoms with Gasteiger partial charge in [0.1, 0.15) is 0 Å². The zero-order valence-corrected chi connectivity index (χ0v) is 11.8. The summed E-state index contributed by atoms with van der Waals surface area (Å²) in [6, 6.07) is 7.50. The number of benzene rings is 1. The summed E-state index contributed by atoms with van der Waals surface area (Å²) in [6.45, 7) is 6.45. The number of para-hydroxylation sites is 1. The van der Waals surface area contributed by atoms with E-state index < -0.39 is 5.97 Å². The molecule has 0 bridgehead atoms. The van der Waals surface area contributed by atoms with Gasteiger partial charge in [-0.2, -0.15) is 0 Å². The molecule has 0 radical (unpaired) electrons. The van der Waals surface area contributed by atoms with Crippen molar-refractivity contribution in [3.8, 4) is 0 Å². The SMILES string of the molecule is C=C(CN1C(=O)N(C)Cc2ccccc21)C(=O)OCC. The Morgan fingerprint density at radius 1 is 1.40 bits per heavy atom. The Labute approximate surface area is 118 Å². The van der Waals surface area contributed by atoms with Crippen LogP contribution >= 0.6 is 0 Å². The Morgan fingerprint density at radius 2 is 2.10 bits per heavy atom. The summed E-state index contributed by atoms with van der Waals surface area (Å²) in [5, 5.41) is 0. The van der Waals surface area contributed by atoms with Gasteiger partial charge in [0.25, 0.3) is 0 Å². The van der Waals surface area contributed by atoms with Gasteiger partial charge in [-0.3, -0.25) is 4.90 Å². The number of anilines is 1. The summed E-state index contributed by atoms with van der Waals surface area (Å²) in [7, 11) is 1.73. The maximum Gasteiger partial charge on any atom is 0.335 e. The highest BCUT2D eigenvalue weighted by Gasteiger charge is 2.29. The van der Waals surface area contributed by atoms with Crippen molar-refractivity contribution in [2.24, 2.45) is 0 Å². The molecule has 0 spiro atoms. The van der Waals surface area contributed by atoms with Crippen LogP contribution in [0.1, 0.15) is 12.5 Å². The lowest BCUT2D eigenvalue weighted by molar-refractivity contribution is -0.138. The minimum Gasteiger partial charge on any atom is -0.463 e. The van der Waals surface area contributed by atoms with Crippen molar-refractivity contribution in [2.75, 3.05) is 25.1 Å². The number of fused-ring (bicyclic) bond motifs is 1. The van der Waals surface area contributed by atoms with E-state index in [1.807, 2.05) is 24.3 Å². The average molecular weight is 274 g/mol. The van der Waals surface area contributed by atoms with Gasteiger partial charge in [0.2, 0.25) is 0 Å². The fourth-order valence-electron chi connectivity index (χ4n) is 2.18. The lowest BCUT2D eigenvalue weighted by atomic mass is 10.1. The molecule has 20 heavy (non-hydrogen) atoms. The molecule has 1 aliphatic heterocycles. The van der Waals surface area contributed by atoms with Crippen molar-refractivity contribution < 1.29 is 14.3 Å². The van der Waals surface area contributed by atoms with E-state index in [1.54, 1.807) is 23.8 Å². The lowest BCUT2D eigenvalue weighted by Crippen LogP contribution is -2.46. The molecule has 0 aromatic heterocycles. The van der Waals surface area contributed by atoms with Crippen LogP contribution in [0.4, 0.5) is 10.5 Å². The van der Waals surface area contributed by atoms with E-state index >= 15 is 0 Å². The number of esters is 1. The van der Waals surface area contributed by atoms with Crippen molar-refractivity contribution in [1.29, 1.82) is 0 Å². The second-order valence-corrected chi connectivity index (χ2v) is 4.68. The molecular weight excluding hydrogens is 256 g/mol. The highest BCUT2D eigenvalue weighted by Crippen LogP contribution is 2.28. The van der Waals surface area contributed by atoms with Gasteiger partial charge < -0.3 is 9.64 Å². The van der Waals surface area contributed by atoms with Crippen LogP contribution in [0.5, 0.6) is 0 Å². The number of ether oxygens (including phenoxy) is 1. The summed E-state index contributed by atoms with van der Waals surface area (Å²) < 4.78 is 4.91. The molecule has 0 unspecified atom stereocenters. The van der Waals surface area contributed by atoms with Gasteiger partial charge in [-0.05, 0) is 18.6 Å². The van der Waals surface area contributed by atoms with Crippen LogP contribution in [-0.4, -0.2) is 37.1 Å². The van der Waals surface area contributed by atoms with Crippen LogP contribution in [-0.2, 0) is 16.1 Å². The first-order valence-electron chi connectivity index (χ1n) is 6.50. The Kier molecular flexibility index (Phi) is 4.08. The third kappa shape index (κ3) is 2.66. The molecule has 2 amide bonds. The largest absolute Gasteiger partial charge is 0.463 e. The van der Waals surface area contributed by atoms with Crippen LogP contribution in [0.25, 0.3) is 0 Å². The third-order valence-electron chi connectivity index (χ3n) is 3.16. The van der Waals surface area contributed by atoms with E-state index in [0.29, 0.717) is 13.2 Å². The fraction of sp³-hybridized carbons (Fsp3) is 0.333. The van der Waals surface area contributed by atoms with Crippen LogP contribution in [0, 0.1) is 0 Å². The topological polar surface area (TPSA) is 49.9 Å². The molecular formula is C15H18N2O3. The lowest BCUT2D eigenvalue weighted by Gasteiger charge is -2.35. The predicted octanol–water partition coefficient (Wildman–Crippen LogP) is 2.18. The van der Waals surface area contributed by atoms with Crippen LogP contribution in [0.15, 0.2) is 36.4 Å². The number of carbonyl (C=O) groups excluding carboxylic acids is 2. The van der Waals surface area contributed by atoms with Crippen molar-refractivity contribution in [1.82, 2.24) is 4.90 Å².